The largest absolute Gasteiger partial charge is 0.357 e. The molecular formula is C11H13N9S. The highest BCUT2D eigenvalue weighted by atomic mass is 32.1. The second kappa shape index (κ2) is 5.79. The smallest absolute Gasteiger partial charge is 0.258 e. The van der Waals surface area contributed by atoms with Gasteiger partial charge in [-0.2, -0.15) is 24.7 Å². The SMILES string of the molecule is CNc1nc(NC(C)c2nccs2)nc(-n2cncn2)n1. The molecule has 3 rings (SSSR count). The third-order valence-corrected chi connectivity index (χ3v) is 3.60. The Labute approximate surface area is 124 Å². The molecule has 0 saturated heterocycles. The quantitative estimate of drug-likeness (QED) is 0.722. The van der Waals surface area contributed by atoms with E-state index >= 15 is 0 Å². The average molecular weight is 303 g/mol. The number of hydrogen-bond donors (Lipinski definition) is 2. The highest BCUT2D eigenvalue weighted by Gasteiger charge is 2.13. The minimum absolute atomic E-state index is 0.000651. The van der Waals surface area contributed by atoms with Crippen molar-refractivity contribution >= 4 is 23.2 Å². The van der Waals surface area contributed by atoms with Gasteiger partial charge in [0.25, 0.3) is 5.95 Å². The first-order valence-electron chi connectivity index (χ1n) is 6.21. The average Bonchev–Trinajstić information content (AvgIpc) is 3.19. The van der Waals surface area contributed by atoms with Crippen molar-refractivity contribution in [2.75, 3.05) is 17.7 Å². The first-order valence-corrected chi connectivity index (χ1v) is 7.09. The minimum Gasteiger partial charge on any atom is -0.357 e. The zero-order chi connectivity index (χ0) is 14.7. The molecule has 0 aliphatic carbocycles. The molecule has 3 aromatic rings. The van der Waals surface area contributed by atoms with Crippen molar-refractivity contribution in [3.63, 3.8) is 0 Å². The van der Waals surface area contributed by atoms with Crippen LogP contribution in [0, 0.1) is 0 Å². The van der Waals surface area contributed by atoms with E-state index in [-0.39, 0.29) is 6.04 Å². The predicted octanol–water partition coefficient (Wildman–Crippen LogP) is 1.12. The van der Waals surface area contributed by atoms with Gasteiger partial charge in [-0.1, -0.05) is 0 Å². The Bertz CT molecular complexity index is 695. The molecule has 0 aliphatic heterocycles. The summed E-state index contributed by atoms with van der Waals surface area (Å²) < 4.78 is 1.47. The van der Waals surface area contributed by atoms with Crippen LogP contribution in [-0.4, -0.2) is 41.7 Å². The third kappa shape index (κ3) is 2.94. The van der Waals surface area contributed by atoms with Crippen LogP contribution in [0.2, 0.25) is 0 Å². The maximum absolute atomic E-state index is 4.34. The molecule has 0 fully saturated rings. The van der Waals surface area contributed by atoms with E-state index in [0.29, 0.717) is 17.8 Å². The molecule has 0 saturated carbocycles. The van der Waals surface area contributed by atoms with Crippen molar-refractivity contribution in [3.8, 4) is 5.95 Å². The highest BCUT2D eigenvalue weighted by molar-refractivity contribution is 7.09. The third-order valence-electron chi connectivity index (χ3n) is 2.64. The first-order chi connectivity index (χ1) is 10.3. The van der Waals surface area contributed by atoms with E-state index in [9.17, 15) is 0 Å². The molecule has 0 aromatic carbocycles. The lowest BCUT2D eigenvalue weighted by Crippen LogP contribution is -2.14. The number of aromatic nitrogens is 7. The van der Waals surface area contributed by atoms with Crippen LogP contribution in [0.4, 0.5) is 11.9 Å². The van der Waals surface area contributed by atoms with Crippen LogP contribution < -0.4 is 10.6 Å². The Morgan fingerprint density at radius 3 is 2.76 bits per heavy atom. The summed E-state index contributed by atoms with van der Waals surface area (Å²) >= 11 is 1.57. The molecule has 1 atom stereocenters. The van der Waals surface area contributed by atoms with Crippen LogP contribution in [-0.2, 0) is 0 Å². The van der Waals surface area contributed by atoms with E-state index in [0.717, 1.165) is 5.01 Å². The highest BCUT2D eigenvalue weighted by Crippen LogP contribution is 2.19. The van der Waals surface area contributed by atoms with E-state index < -0.39 is 0 Å². The van der Waals surface area contributed by atoms with Crippen LogP contribution in [0.3, 0.4) is 0 Å². The molecule has 2 N–H and O–H groups in total. The van der Waals surface area contributed by atoms with Gasteiger partial charge in [-0.25, -0.2) is 9.97 Å². The maximum atomic E-state index is 4.34. The number of thiazole rings is 1. The fraction of sp³-hybridized carbons (Fsp3) is 0.273. The molecule has 0 spiro atoms. The Hall–Kier alpha value is -2.62. The zero-order valence-electron chi connectivity index (χ0n) is 11.4. The van der Waals surface area contributed by atoms with Crippen LogP contribution in [0.5, 0.6) is 0 Å². The molecule has 0 bridgehead atoms. The summed E-state index contributed by atoms with van der Waals surface area (Å²) in [5, 5.41) is 13.0. The summed E-state index contributed by atoms with van der Waals surface area (Å²) in [6, 6.07) is 0.000651. The fourth-order valence-electron chi connectivity index (χ4n) is 1.66. The van der Waals surface area contributed by atoms with Crippen LogP contribution in [0.1, 0.15) is 18.0 Å². The number of anilines is 2. The summed E-state index contributed by atoms with van der Waals surface area (Å²) in [6.07, 6.45) is 4.72. The van der Waals surface area contributed by atoms with Crippen molar-refractivity contribution in [2.24, 2.45) is 0 Å². The first kappa shape index (κ1) is 13.4. The lowest BCUT2D eigenvalue weighted by atomic mass is 10.4. The van der Waals surface area contributed by atoms with Crippen molar-refractivity contribution in [1.29, 1.82) is 0 Å². The lowest BCUT2D eigenvalue weighted by molar-refractivity contribution is 0.782. The molecule has 21 heavy (non-hydrogen) atoms. The monoisotopic (exact) mass is 303 g/mol. The van der Waals surface area contributed by atoms with Gasteiger partial charge < -0.3 is 10.6 Å². The van der Waals surface area contributed by atoms with Gasteiger partial charge in [-0.15, -0.1) is 11.3 Å². The van der Waals surface area contributed by atoms with Gasteiger partial charge in [0.1, 0.15) is 17.7 Å². The Kier molecular flexibility index (Phi) is 3.69. The van der Waals surface area contributed by atoms with Gasteiger partial charge >= 0.3 is 0 Å². The van der Waals surface area contributed by atoms with E-state index in [1.54, 1.807) is 24.6 Å². The summed E-state index contributed by atoms with van der Waals surface area (Å²) in [5.74, 6) is 1.28. The molecule has 0 radical (unpaired) electrons. The van der Waals surface area contributed by atoms with Gasteiger partial charge in [-0.05, 0) is 6.92 Å². The topological polar surface area (TPSA) is 106 Å². The van der Waals surface area contributed by atoms with Crippen molar-refractivity contribution in [3.05, 3.63) is 29.2 Å². The van der Waals surface area contributed by atoms with Gasteiger partial charge in [0.15, 0.2) is 0 Å². The van der Waals surface area contributed by atoms with Gasteiger partial charge in [-0.3, -0.25) is 0 Å². The predicted molar refractivity (Wildman–Crippen MR) is 78.4 cm³/mol. The molecule has 3 heterocycles. The molecular weight excluding hydrogens is 290 g/mol. The Morgan fingerprint density at radius 2 is 2.10 bits per heavy atom. The van der Waals surface area contributed by atoms with Crippen LogP contribution >= 0.6 is 11.3 Å². The molecule has 0 aliphatic rings. The number of nitrogens with one attached hydrogen (secondary N) is 2. The maximum Gasteiger partial charge on any atom is 0.258 e. The lowest BCUT2D eigenvalue weighted by Gasteiger charge is -2.12. The van der Waals surface area contributed by atoms with Gasteiger partial charge in [0.05, 0.1) is 6.04 Å². The zero-order valence-corrected chi connectivity index (χ0v) is 12.2. The van der Waals surface area contributed by atoms with E-state index in [4.69, 9.17) is 0 Å². The minimum atomic E-state index is 0.000651. The standard InChI is InChI=1S/C11H13N9S/c1-7(8-14-3-4-21-8)16-10-17-9(12-2)18-11(19-10)20-6-13-5-15-20/h3-7H,1-2H3,(H2,12,16,17,18,19). The van der Waals surface area contributed by atoms with Crippen LogP contribution in [0.25, 0.3) is 5.95 Å². The second-order valence-electron chi connectivity index (χ2n) is 4.11. The summed E-state index contributed by atoms with van der Waals surface area (Å²) in [5.41, 5.74) is 0. The summed E-state index contributed by atoms with van der Waals surface area (Å²) in [4.78, 5) is 21.0. The van der Waals surface area contributed by atoms with Crippen molar-refractivity contribution in [2.45, 2.75) is 13.0 Å². The van der Waals surface area contributed by atoms with Gasteiger partial charge in [0.2, 0.25) is 11.9 Å². The van der Waals surface area contributed by atoms with E-state index in [1.165, 1.54) is 17.3 Å². The summed E-state index contributed by atoms with van der Waals surface area (Å²) in [6.45, 7) is 2.00. The Balaban J connectivity index is 1.89. The normalized spacial score (nSPS) is 12.1. The molecule has 9 nitrogen and oxygen atoms in total. The van der Waals surface area contributed by atoms with Crippen molar-refractivity contribution in [1.82, 2.24) is 34.7 Å². The van der Waals surface area contributed by atoms with E-state index in [2.05, 4.69) is 40.7 Å². The van der Waals surface area contributed by atoms with Crippen LogP contribution in [0.15, 0.2) is 24.2 Å². The molecule has 108 valence electrons. The molecule has 10 heteroatoms. The molecule has 0 amide bonds. The number of hydrogen-bond acceptors (Lipinski definition) is 9. The van der Waals surface area contributed by atoms with Crippen molar-refractivity contribution < 1.29 is 0 Å². The second-order valence-corrected chi connectivity index (χ2v) is 5.04. The fourth-order valence-corrected chi connectivity index (χ4v) is 2.30. The van der Waals surface area contributed by atoms with Gasteiger partial charge in [0, 0.05) is 18.6 Å². The molecule has 1 unspecified atom stereocenters. The molecule has 3 aromatic heterocycles. The van der Waals surface area contributed by atoms with E-state index in [1.807, 2.05) is 12.3 Å². The number of nitrogens with zero attached hydrogens (tertiary/aromatic N) is 7. The summed E-state index contributed by atoms with van der Waals surface area (Å²) in [7, 11) is 1.74. The Morgan fingerprint density at radius 1 is 1.24 bits per heavy atom. The number of rotatable bonds is 5.